The predicted octanol–water partition coefficient (Wildman–Crippen LogP) is 7.49. The summed E-state index contributed by atoms with van der Waals surface area (Å²) in [6, 6.07) is 5.03. The van der Waals surface area contributed by atoms with E-state index in [1.54, 1.807) is 6.07 Å². The molecule has 0 atom stereocenters. The van der Waals surface area contributed by atoms with Crippen molar-refractivity contribution in [2.75, 3.05) is 19.4 Å². The molecule has 1 aromatic carbocycles. The van der Waals surface area contributed by atoms with Crippen LogP contribution in [0.2, 0.25) is 0 Å². The average molecular weight is 511 g/mol. The van der Waals surface area contributed by atoms with Crippen molar-refractivity contribution in [3.8, 4) is 11.5 Å². The van der Waals surface area contributed by atoms with Gasteiger partial charge in [-0.1, -0.05) is 44.9 Å². The maximum atomic E-state index is 14.6. The van der Waals surface area contributed by atoms with Crippen molar-refractivity contribution in [1.82, 2.24) is 0 Å². The lowest BCUT2D eigenvalue weighted by molar-refractivity contribution is -0.0745. The predicted molar refractivity (Wildman–Crippen MR) is 136 cm³/mol. The molecular formula is C28H44FO5P. The quantitative estimate of drug-likeness (QED) is 0.178. The second-order valence-corrected chi connectivity index (χ2v) is 13.5. The van der Waals surface area contributed by atoms with Crippen LogP contribution < -0.4 is 9.47 Å². The van der Waals surface area contributed by atoms with E-state index in [2.05, 4.69) is 0 Å². The van der Waals surface area contributed by atoms with Gasteiger partial charge in [-0.05, 0) is 81.3 Å². The average Bonchev–Trinajstić information content (AvgIpc) is 2.78. The third-order valence-corrected chi connectivity index (χ3v) is 9.36. The largest absolute Gasteiger partial charge is 0.493 e. The number of unbranched alkanes of at least 4 members (excludes halogenated alkanes) is 8. The monoisotopic (exact) mass is 510 g/mol. The molecule has 1 aromatic rings. The Bertz CT molecular complexity index is 818. The number of rotatable bonds is 16. The van der Waals surface area contributed by atoms with Crippen LogP contribution in [0.5, 0.6) is 11.5 Å². The summed E-state index contributed by atoms with van der Waals surface area (Å²) in [5.41, 5.74) is 0.325. The molecule has 198 valence electrons. The summed E-state index contributed by atoms with van der Waals surface area (Å²) in [4.78, 5) is 17.7. The van der Waals surface area contributed by atoms with Gasteiger partial charge in [0, 0.05) is 17.6 Å². The van der Waals surface area contributed by atoms with Crippen molar-refractivity contribution in [2.24, 2.45) is 23.2 Å². The molecule has 4 saturated carbocycles. The molecule has 0 unspecified atom stereocenters. The molecule has 7 heteroatoms. The van der Waals surface area contributed by atoms with Gasteiger partial charge in [0.2, 0.25) is 0 Å². The van der Waals surface area contributed by atoms with Crippen LogP contribution in [0.3, 0.4) is 0 Å². The minimum atomic E-state index is -3.83. The Morgan fingerprint density at radius 1 is 0.829 bits per heavy atom. The highest BCUT2D eigenvalue weighted by atomic mass is 31.2. The summed E-state index contributed by atoms with van der Waals surface area (Å²) in [6.07, 6.45) is 17.2. The number of hydrogen-bond acceptors (Lipinski definition) is 3. The fraction of sp³-hybridized carbons (Fsp3) is 0.786. The van der Waals surface area contributed by atoms with Crippen molar-refractivity contribution in [3.63, 3.8) is 0 Å². The Kier molecular flexibility index (Phi) is 9.57. The van der Waals surface area contributed by atoms with Crippen molar-refractivity contribution < 1.29 is 28.2 Å². The molecule has 0 saturated heterocycles. The van der Waals surface area contributed by atoms with Gasteiger partial charge in [0.05, 0.1) is 13.2 Å². The van der Waals surface area contributed by atoms with Gasteiger partial charge in [0.1, 0.15) is 5.75 Å². The Morgan fingerprint density at radius 3 is 1.91 bits per heavy atom. The molecule has 0 spiro atoms. The highest BCUT2D eigenvalue weighted by molar-refractivity contribution is 7.51. The zero-order chi connectivity index (χ0) is 24.7. The third kappa shape index (κ3) is 8.47. The maximum Gasteiger partial charge on any atom is 0.325 e. The minimum Gasteiger partial charge on any atom is -0.493 e. The van der Waals surface area contributed by atoms with Crippen LogP contribution >= 0.6 is 7.60 Å². The lowest BCUT2D eigenvalue weighted by Crippen LogP contribution is -2.48. The maximum absolute atomic E-state index is 14.6. The van der Waals surface area contributed by atoms with E-state index in [-0.39, 0.29) is 12.0 Å². The van der Waals surface area contributed by atoms with Gasteiger partial charge < -0.3 is 19.3 Å². The normalized spacial score (nSPS) is 27.3. The smallest absolute Gasteiger partial charge is 0.325 e. The van der Waals surface area contributed by atoms with Crippen molar-refractivity contribution in [2.45, 2.75) is 96.3 Å². The van der Waals surface area contributed by atoms with Gasteiger partial charge in [0.15, 0.2) is 11.6 Å². The van der Waals surface area contributed by atoms with Gasteiger partial charge >= 0.3 is 7.60 Å². The third-order valence-electron chi connectivity index (χ3n) is 8.46. The van der Waals surface area contributed by atoms with E-state index in [1.165, 1.54) is 44.6 Å². The Hall–Kier alpha value is -1.10. The summed E-state index contributed by atoms with van der Waals surface area (Å²) in [7, 11) is -3.83. The highest BCUT2D eigenvalue weighted by Gasteiger charge is 2.51. The van der Waals surface area contributed by atoms with E-state index in [1.807, 2.05) is 6.07 Å². The Labute approximate surface area is 210 Å². The van der Waals surface area contributed by atoms with E-state index >= 15 is 0 Å². The Morgan fingerprint density at radius 2 is 1.37 bits per heavy atom. The van der Waals surface area contributed by atoms with E-state index in [4.69, 9.17) is 19.3 Å². The van der Waals surface area contributed by atoms with Crippen LogP contribution in [0.25, 0.3) is 0 Å². The first kappa shape index (κ1) is 26.9. The van der Waals surface area contributed by atoms with E-state index in [9.17, 15) is 8.96 Å². The number of halogens is 1. The molecule has 35 heavy (non-hydrogen) atoms. The van der Waals surface area contributed by atoms with Crippen LogP contribution in [-0.4, -0.2) is 29.2 Å². The van der Waals surface area contributed by atoms with Crippen LogP contribution in [0, 0.1) is 29.0 Å². The van der Waals surface area contributed by atoms with Crippen LogP contribution in [0.15, 0.2) is 18.2 Å². The summed E-state index contributed by atoms with van der Waals surface area (Å²) in [5, 5.41) is 0. The zero-order valence-corrected chi connectivity index (χ0v) is 22.0. The van der Waals surface area contributed by atoms with Crippen molar-refractivity contribution >= 4 is 7.60 Å². The fourth-order valence-electron chi connectivity index (χ4n) is 7.23. The molecule has 4 fully saturated rings. The fourth-order valence-corrected chi connectivity index (χ4v) is 7.87. The van der Waals surface area contributed by atoms with Gasteiger partial charge in [-0.15, -0.1) is 0 Å². The molecule has 5 nitrogen and oxygen atoms in total. The van der Waals surface area contributed by atoms with Gasteiger partial charge in [-0.25, -0.2) is 4.39 Å². The van der Waals surface area contributed by atoms with Gasteiger partial charge in [-0.2, -0.15) is 0 Å². The van der Waals surface area contributed by atoms with E-state index in [0.29, 0.717) is 29.9 Å². The zero-order valence-electron chi connectivity index (χ0n) is 21.1. The summed E-state index contributed by atoms with van der Waals surface area (Å²) >= 11 is 0. The van der Waals surface area contributed by atoms with E-state index < -0.39 is 7.60 Å². The first-order valence-corrected chi connectivity index (χ1v) is 15.7. The topological polar surface area (TPSA) is 76.0 Å². The van der Waals surface area contributed by atoms with Crippen LogP contribution in [-0.2, 0) is 4.57 Å². The Balaban J connectivity index is 1.05. The SMILES string of the molecule is O=P(O)(O)CCCCCCCCCCCOc1ccc(OC[C@]23CC4CC(C[C@H](C4)C2)C3)cc1F. The molecule has 0 aromatic heterocycles. The number of hydrogen-bond donors (Lipinski definition) is 2. The molecule has 0 radical (unpaired) electrons. The lowest BCUT2D eigenvalue weighted by Gasteiger charge is -2.56. The summed E-state index contributed by atoms with van der Waals surface area (Å²) in [5.74, 6) is 3.27. The molecular weight excluding hydrogens is 466 g/mol. The first-order chi connectivity index (χ1) is 16.8. The molecule has 0 heterocycles. The highest BCUT2D eigenvalue weighted by Crippen LogP contribution is 2.60. The molecule has 4 bridgehead atoms. The number of benzene rings is 1. The minimum absolute atomic E-state index is 0.00515. The summed E-state index contributed by atoms with van der Waals surface area (Å²) < 4.78 is 37.2. The van der Waals surface area contributed by atoms with Crippen LogP contribution in [0.4, 0.5) is 4.39 Å². The molecule has 2 N–H and O–H groups in total. The lowest BCUT2D eigenvalue weighted by atomic mass is 9.50. The van der Waals surface area contributed by atoms with Crippen molar-refractivity contribution in [1.29, 1.82) is 0 Å². The molecule has 0 amide bonds. The van der Waals surface area contributed by atoms with Gasteiger partial charge in [-0.3, -0.25) is 4.57 Å². The number of ether oxygens (including phenoxy) is 2. The van der Waals surface area contributed by atoms with Gasteiger partial charge in [0.25, 0.3) is 0 Å². The molecule has 0 aliphatic heterocycles. The standard InChI is InChI=1S/C28H44FO5P/c29-26-17-25(34-21-28-18-22-14-23(19-28)16-24(15-22)20-28)10-11-27(26)33-12-8-6-4-2-1-3-5-7-9-13-35(30,31)32/h10-11,17,22-24H,1-9,12-16,18-21H2,(H2,30,31,32)/t22-,23?,24?,28-. The second-order valence-electron chi connectivity index (χ2n) is 11.7. The second kappa shape index (κ2) is 12.4. The van der Waals surface area contributed by atoms with E-state index in [0.717, 1.165) is 75.7 Å². The molecule has 5 rings (SSSR count). The van der Waals surface area contributed by atoms with Crippen LogP contribution in [0.1, 0.15) is 96.3 Å². The van der Waals surface area contributed by atoms with Crippen molar-refractivity contribution in [3.05, 3.63) is 24.0 Å². The first-order valence-electron chi connectivity index (χ1n) is 13.9. The summed E-state index contributed by atoms with van der Waals surface area (Å²) in [6.45, 7) is 1.25. The molecule has 4 aliphatic carbocycles. The molecule has 4 aliphatic rings.